The number of hydrogen-bond donors (Lipinski definition) is 2. The normalized spacial score (nSPS) is 10.3. The fourth-order valence-electron chi connectivity index (χ4n) is 1.93. The van der Waals surface area contributed by atoms with Crippen molar-refractivity contribution in [3.63, 3.8) is 0 Å². The number of carbonyl (C=O) groups excluding carboxylic acids is 1. The summed E-state index contributed by atoms with van der Waals surface area (Å²) in [6.07, 6.45) is 0. The van der Waals surface area contributed by atoms with E-state index in [0.29, 0.717) is 11.3 Å². The number of nitrogens with one attached hydrogen (secondary N) is 1. The molecule has 19 heavy (non-hydrogen) atoms. The number of benzene rings is 2. The van der Waals surface area contributed by atoms with E-state index < -0.39 is 0 Å². The van der Waals surface area contributed by atoms with Crippen molar-refractivity contribution in [2.45, 2.75) is 20.8 Å². The van der Waals surface area contributed by atoms with Crippen LogP contribution in [0.2, 0.25) is 0 Å². The van der Waals surface area contributed by atoms with Gasteiger partial charge in [-0.2, -0.15) is 0 Å². The van der Waals surface area contributed by atoms with E-state index in [1.807, 2.05) is 45.0 Å². The Balaban J connectivity index is 2.30. The second kappa shape index (κ2) is 5.14. The number of aryl methyl sites for hydroxylation is 3. The Morgan fingerprint density at radius 3 is 2.37 bits per heavy atom. The van der Waals surface area contributed by atoms with Crippen LogP contribution in [0.15, 0.2) is 36.4 Å². The zero-order chi connectivity index (χ0) is 14.0. The standard InChI is InChI=1S/C16H18N2O/c1-10-5-7-14(17)13(8-10)16(19)18-15-9-11(2)4-6-12(15)3/h4-9H,17H2,1-3H3,(H,18,19). The molecule has 0 aliphatic rings. The van der Waals surface area contributed by atoms with Gasteiger partial charge in [-0.1, -0.05) is 23.8 Å². The SMILES string of the molecule is Cc1ccc(C)c(NC(=O)c2cc(C)ccc2N)c1. The molecule has 0 atom stereocenters. The molecule has 3 nitrogen and oxygen atoms in total. The lowest BCUT2D eigenvalue weighted by molar-refractivity contribution is 0.102. The minimum atomic E-state index is -0.171. The van der Waals surface area contributed by atoms with E-state index in [4.69, 9.17) is 5.73 Å². The van der Waals surface area contributed by atoms with E-state index in [9.17, 15) is 4.79 Å². The molecule has 1 amide bonds. The van der Waals surface area contributed by atoms with Gasteiger partial charge in [0.15, 0.2) is 0 Å². The Bertz CT molecular complexity index is 633. The average Bonchev–Trinajstić information content (AvgIpc) is 2.36. The van der Waals surface area contributed by atoms with Gasteiger partial charge < -0.3 is 11.1 Å². The molecule has 2 aromatic carbocycles. The Morgan fingerprint density at radius 1 is 1.00 bits per heavy atom. The Morgan fingerprint density at radius 2 is 1.63 bits per heavy atom. The molecule has 2 rings (SSSR count). The zero-order valence-corrected chi connectivity index (χ0v) is 11.4. The van der Waals surface area contributed by atoms with E-state index in [1.165, 1.54) is 0 Å². The molecule has 0 bridgehead atoms. The van der Waals surface area contributed by atoms with Crippen molar-refractivity contribution < 1.29 is 4.79 Å². The first-order chi connectivity index (χ1) is 8.97. The van der Waals surface area contributed by atoms with Gasteiger partial charge in [0.1, 0.15) is 0 Å². The lowest BCUT2D eigenvalue weighted by Crippen LogP contribution is -2.15. The topological polar surface area (TPSA) is 55.1 Å². The largest absolute Gasteiger partial charge is 0.398 e. The number of hydrogen-bond acceptors (Lipinski definition) is 2. The van der Waals surface area contributed by atoms with Gasteiger partial charge in [-0.25, -0.2) is 0 Å². The van der Waals surface area contributed by atoms with E-state index in [2.05, 4.69) is 5.32 Å². The van der Waals surface area contributed by atoms with Gasteiger partial charge in [0.2, 0.25) is 0 Å². The third-order valence-corrected chi connectivity index (χ3v) is 3.09. The summed E-state index contributed by atoms with van der Waals surface area (Å²) in [6, 6.07) is 11.4. The third-order valence-electron chi connectivity index (χ3n) is 3.09. The van der Waals surface area contributed by atoms with Crippen LogP contribution in [0.4, 0.5) is 11.4 Å². The molecule has 98 valence electrons. The van der Waals surface area contributed by atoms with Gasteiger partial charge in [-0.05, 0) is 50.1 Å². The van der Waals surface area contributed by atoms with Crippen molar-refractivity contribution in [3.8, 4) is 0 Å². The molecular formula is C16H18N2O. The van der Waals surface area contributed by atoms with Gasteiger partial charge in [-0.15, -0.1) is 0 Å². The van der Waals surface area contributed by atoms with Crippen molar-refractivity contribution in [1.29, 1.82) is 0 Å². The van der Waals surface area contributed by atoms with Crippen LogP contribution in [0.25, 0.3) is 0 Å². The molecule has 0 heterocycles. The molecule has 0 spiro atoms. The number of nitrogen functional groups attached to an aromatic ring is 1. The van der Waals surface area contributed by atoms with Crippen molar-refractivity contribution in [2.75, 3.05) is 11.1 Å². The predicted molar refractivity (Wildman–Crippen MR) is 79.5 cm³/mol. The van der Waals surface area contributed by atoms with E-state index in [-0.39, 0.29) is 5.91 Å². The van der Waals surface area contributed by atoms with E-state index >= 15 is 0 Å². The maximum absolute atomic E-state index is 12.3. The van der Waals surface area contributed by atoms with Gasteiger partial charge in [-0.3, -0.25) is 4.79 Å². The molecule has 3 heteroatoms. The van der Waals surface area contributed by atoms with Crippen LogP contribution in [-0.4, -0.2) is 5.91 Å². The van der Waals surface area contributed by atoms with E-state index in [0.717, 1.165) is 22.4 Å². The molecule has 0 aliphatic carbocycles. The highest BCUT2D eigenvalue weighted by atomic mass is 16.1. The highest BCUT2D eigenvalue weighted by Crippen LogP contribution is 2.20. The summed E-state index contributed by atoms with van der Waals surface area (Å²) in [4.78, 5) is 12.3. The minimum Gasteiger partial charge on any atom is -0.398 e. The molecule has 0 aromatic heterocycles. The lowest BCUT2D eigenvalue weighted by atomic mass is 10.1. The quantitative estimate of drug-likeness (QED) is 0.806. The first-order valence-corrected chi connectivity index (χ1v) is 6.22. The monoisotopic (exact) mass is 254 g/mol. The molecule has 0 unspecified atom stereocenters. The maximum atomic E-state index is 12.3. The van der Waals surface area contributed by atoms with Crippen molar-refractivity contribution >= 4 is 17.3 Å². The lowest BCUT2D eigenvalue weighted by Gasteiger charge is -2.11. The van der Waals surface area contributed by atoms with Gasteiger partial charge in [0.25, 0.3) is 5.91 Å². The number of amides is 1. The molecule has 0 radical (unpaired) electrons. The second-order valence-corrected chi connectivity index (χ2v) is 4.86. The van der Waals surface area contributed by atoms with Crippen LogP contribution < -0.4 is 11.1 Å². The summed E-state index contributed by atoms with van der Waals surface area (Å²) in [5.74, 6) is -0.171. The Hall–Kier alpha value is -2.29. The van der Waals surface area contributed by atoms with Crippen LogP contribution in [0.1, 0.15) is 27.0 Å². The van der Waals surface area contributed by atoms with Crippen LogP contribution in [0.5, 0.6) is 0 Å². The number of rotatable bonds is 2. The van der Waals surface area contributed by atoms with Crippen molar-refractivity contribution in [3.05, 3.63) is 58.7 Å². The average molecular weight is 254 g/mol. The summed E-state index contributed by atoms with van der Waals surface area (Å²) < 4.78 is 0. The molecule has 0 saturated carbocycles. The fraction of sp³-hybridized carbons (Fsp3) is 0.188. The van der Waals surface area contributed by atoms with Crippen LogP contribution >= 0.6 is 0 Å². The Labute approximate surface area is 113 Å². The Kier molecular flexibility index (Phi) is 3.56. The summed E-state index contributed by atoms with van der Waals surface area (Å²) in [5, 5.41) is 2.92. The number of anilines is 2. The van der Waals surface area contributed by atoms with Crippen molar-refractivity contribution in [2.24, 2.45) is 0 Å². The fourth-order valence-corrected chi connectivity index (χ4v) is 1.93. The highest BCUT2D eigenvalue weighted by Gasteiger charge is 2.11. The molecule has 0 saturated heterocycles. The predicted octanol–water partition coefficient (Wildman–Crippen LogP) is 3.45. The first-order valence-electron chi connectivity index (χ1n) is 6.22. The molecular weight excluding hydrogens is 236 g/mol. The summed E-state index contributed by atoms with van der Waals surface area (Å²) in [7, 11) is 0. The molecule has 0 fully saturated rings. The molecule has 2 aromatic rings. The van der Waals surface area contributed by atoms with Crippen LogP contribution in [0, 0.1) is 20.8 Å². The van der Waals surface area contributed by atoms with Crippen LogP contribution in [-0.2, 0) is 0 Å². The van der Waals surface area contributed by atoms with Crippen molar-refractivity contribution in [1.82, 2.24) is 0 Å². The van der Waals surface area contributed by atoms with Crippen LogP contribution in [0.3, 0.4) is 0 Å². The van der Waals surface area contributed by atoms with Gasteiger partial charge in [0, 0.05) is 11.4 Å². The van der Waals surface area contributed by atoms with E-state index in [1.54, 1.807) is 12.1 Å². The molecule has 3 N–H and O–H groups in total. The van der Waals surface area contributed by atoms with Gasteiger partial charge in [0.05, 0.1) is 5.56 Å². The van der Waals surface area contributed by atoms with Gasteiger partial charge >= 0.3 is 0 Å². The summed E-state index contributed by atoms with van der Waals surface area (Å²) >= 11 is 0. The summed E-state index contributed by atoms with van der Waals surface area (Å²) in [5.41, 5.74) is 10.8. The summed E-state index contributed by atoms with van der Waals surface area (Å²) in [6.45, 7) is 5.90. The number of carbonyl (C=O) groups is 1. The highest BCUT2D eigenvalue weighted by molar-refractivity contribution is 6.08. The third kappa shape index (κ3) is 2.94. The smallest absolute Gasteiger partial charge is 0.257 e. The minimum absolute atomic E-state index is 0.171. The second-order valence-electron chi connectivity index (χ2n) is 4.86. The zero-order valence-electron chi connectivity index (χ0n) is 11.4. The molecule has 0 aliphatic heterocycles. The maximum Gasteiger partial charge on any atom is 0.257 e. The first kappa shape index (κ1) is 13.1. The number of nitrogens with two attached hydrogens (primary N) is 1.